The lowest BCUT2D eigenvalue weighted by atomic mass is 9.89. The lowest BCUT2D eigenvalue weighted by Gasteiger charge is -2.33. The maximum absolute atomic E-state index is 13.3. The van der Waals surface area contributed by atoms with Crippen LogP contribution in [0, 0.1) is 18.3 Å². The molecular weight excluding hydrogens is 416 g/mol. The molecule has 7 heteroatoms. The van der Waals surface area contributed by atoms with Crippen LogP contribution in [-0.2, 0) is 0 Å². The van der Waals surface area contributed by atoms with Crippen LogP contribution in [0.1, 0.15) is 58.8 Å². The number of hydrogen-bond acceptors (Lipinski definition) is 5. The van der Waals surface area contributed by atoms with Gasteiger partial charge < -0.3 is 9.32 Å². The number of hydrogen-bond donors (Lipinski definition) is 0. The van der Waals surface area contributed by atoms with Crippen molar-refractivity contribution in [2.75, 3.05) is 13.1 Å². The van der Waals surface area contributed by atoms with Gasteiger partial charge in [0.15, 0.2) is 17.1 Å². The van der Waals surface area contributed by atoms with Crippen LogP contribution >= 0.6 is 0 Å². The van der Waals surface area contributed by atoms with E-state index >= 15 is 0 Å². The van der Waals surface area contributed by atoms with Gasteiger partial charge in [-0.2, -0.15) is 0 Å². The van der Waals surface area contributed by atoms with Crippen LogP contribution in [0.3, 0.4) is 0 Å². The molecule has 1 saturated carbocycles. The van der Waals surface area contributed by atoms with Gasteiger partial charge in [0.2, 0.25) is 0 Å². The Hall–Kier alpha value is -3.48. The molecule has 0 aromatic carbocycles. The van der Waals surface area contributed by atoms with E-state index in [9.17, 15) is 9.59 Å². The number of amides is 1. The first kappa shape index (κ1) is 20.1. The zero-order valence-corrected chi connectivity index (χ0v) is 18.7. The highest BCUT2D eigenvalue weighted by atomic mass is 16.3. The monoisotopic (exact) mass is 442 g/mol. The molecule has 1 amide bonds. The molecule has 0 radical (unpaired) electrons. The van der Waals surface area contributed by atoms with Gasteiger partial charge in [-0.1, -0.05) is 6.07 Å². The number of likely N-dealkylation sites (tertiary alicyclic amines) is 1. The number of carbonyl (C=O) groups excluding carboxylic acids is 2. The fourth-order valence-electron chi connectivity index (χ4n) is 5.58. The number of ketones is 1. The quantitative estimate of drug-likeness (QED) is 0.419. The summed E-state index contributed by atoms with van der Waals surface area (Å²) in [6.07, 6.45) is 9.80. The summed E-state index contributed by atoms with van der Waals surface area (Å²) in [5, 5.41) is 0.912. The third-order valence-electron chi connectivity index (χ3n) is 7.63. The Morgan fingerprint density at radius 1 is 1.21 bits per heavy atom. The summed E-state index contributed by atoms with van der Waals surface area (Å²) in [6, 6.07) is 9.45. The van der Waals surface area contributed by atoms with Gasteiger partial charge in [-0.05, 0) is 68.2 Å². The Bertz CT molecular complexity index is 1340. The van der Waals surface area contributed by atoms with E-state index in [1.54, 1.807) is 12.4 Å². The van der Waals surface area contributed by atoms with Crippen LogP contribution < -0.4 is 0 Å². The molecule has 7 nitrogen and oxygen atoms in total. The van der Waals surface area contributed by atoms with Gasteiger partial charge in [0.05, 0.1) is 11.9 Å². The Morgan fingerprint density at radius 3 is 2.88 bits per heavy atom. The van der Waals surface area contributed by atoms with Gasteiger partial charge in [-0.15, -0.1) is 0 Å². The topological polar surface area (TPSA) is 80.7 Å². The number of imidazole rings is 1. The number of aryl methyl sites for hydroxylation is 1. The Morgan fingerprint density at radius 2 is 2.06 bits per heavy atom. The lowest BCUT2D eigenvalue weighted by Crippen LogP contribution is -2.40. The third kappa shape index (κ3) is 3.43. The predicted molar refractivity (Wildman–Crippen MR) is 123 cm³/mol. The van der Waals surface area contributed by atoms with Crippen LogP contribution in [0.2, 0.25) is 0 Å². The first-order valence-electron chi connectivity index (χ1n) is 11.6. The molecule has 1 spiro atoms. The molecule has 0 bridgehead atoms. The van der Waals surface area contributed by atoms with Crippen molar-refractivity contribution in [3.63, 3.8) is 0 Å². The summed E-state index contributed by atoms with van der Waals surface area (Å²) in [5.74, 6) is 1.11. The number of furan rings is 1. The molecule has 1 aliphatic heterocycles. The number of nitrogens with zero attached hydrogens (tertiary/aromatic N) is 4. The van der Waals surface area contributed by atoms with E-state index in [1.165, 1.54) is 0 Å². The second-order valence-electron chi connectivity index (χ2n) is 9.52. The van der Waals surface area contributed by atoms with Crippen molar-refractivity contribution >= 4 is 28.3 Å². The molecule has 4 aromatic rings. The molecular formula is C26H26N4O3. The molecule has 5 heterocycles. The normalized spacial score (nSPS) is 19.4. The van der Waals surface area contributed by atoms with Crippen molar-refractivity contribution in [1.82, 2.24) is 19.3 Å². The lowest BCUT2D eigenvalue weighted by molar-refractivity contribution is 0.0660. The number of rotatable bonds is 5. The van der Waals surface area contributed by atoms with E-state index in [0.29, 0.717) is 34.8 Å². The first-order chi connectivity index (χ1) is 16.0. The predicted octanol–water partition coefficient (Wildman–Crippen LogP) is 4.69. The van der Waals surface area contributed by atoms with Crippen molar-refractivity contribution in [2.24, 2.45) is 11.3 Å². The molecule has 33 heavy (non-hydrogen) atoms. The van der Waals surface area contributed by atoms with Crippen molar-refractivity contribution in [3.8, 4) is 0 Å². The van der Waals surface area contributed by atoms with Crippen LogP contribution in [0.5, 0.6) is 0 Å². The second kappa shape index (κ2) is 7.54. The Balaban J connectivity index is 1.06. The number of pyridine rings is 2. The fourth-order valence-corrected chi connectivity index (χ4v) is 5.58. The minimum absolute atomic E-state index is 0.0592. The SMILES string of the molecule is Cc1nc2ccccn2c1C(=O)N1CCC2(CC1)CC2CCC(=O)c1cc2ccncc2o1. The van der Waals surface area contributed by atoms with E-state index in [4.69, 9.17) is 4.42 Å². The Labute approximate surface area is 191 Å². The molecule has 1 aliphatic carbocycles. The van der Waals surface area contributed by atoms with Crippen LogP contribution in [0.25, 0.3) is 16.6 Å². The zero-order chi connectivity index (χ0) is 22.6. The summed E-state index contributed by atoms with van der Waals surface area (Å²) >= 11 is 0. The van der Waals surface area contributed by atoms with Gasteiger partial charge >= 0.3 is 0 Å². The number of aromatic nitrogens is 3. The smallest absolute Gasteiger partial charge is 0.272 e. The van der Waals surface area contributed by atoms with Crippen molar-refractivity contribution in [2.45, 2.75) is 39.0 Å². The molecule has 1 saturated heterocycles. The number of piperidine rings is 1. The highest BCUT2D eigenvalue weighted by Gasteiger charge is 2.54. The molecule has 1 atom stereocenters. The van der Waals surface area contributed by atoms with Crippen LogP contribution in [0.15, 0.2) is 53.3 Å². The third-order valence-corrected chi connectivity index (χ3v) is 7.63. The van der Waals surface area contributed by atoms with Gasteiger partial charge in [0.1, 0.15) is 11.3 Å². The minimum atomic E-state index is 0.0592. The maximum atomic E-state index is 13.3. The Kier molecular flexibility index (Phi) is 4.60. The number of Topliss-reactive ketones (excluding diaryl/α,β-unsaturated/α-hetero) is 1. The molecule has 2 fully saturated rings. The average Bonchev–Trinajstić information content (AvgIpc) is 3.17. The van der Waals surface area contributed by atoms with Gasteiger partial charge in [-0.3, -0.25) is 19.0 Å². The zero-order valence-electron chi connectivity index (χ0n) is 18.7. The highest BCUT2D eigenvalue weighted by Crippen LogP contribution is 2.61. The summed E-state index contributed by atoms with van der Waals surface area (Å²) in [7, 11) is 0. The van der Waals surface area contributed by atoms with Gasteiger partial charge in [0.25, 0.3) is 5.91 Å². The highest BCUT2D eigenvalue weighted by molar-refractivity contribution is 5.97. The number of fused-ring (bicyclic) bond motifs is 2. The molecule has 1 unspecified atom stereocenters. The second-order valence-corrected chi connectivity index (χ2v) is 9.52. The standard InChI is InChI=1S/C26H26N4O3/c1-17-24(30-11-3-2-4-23(30)28-17)25(32)29-12-8-26(9-13-29)15-19(26)5-6-20(31)21-14-18-7-10-27-16-22(18)33-21/h2-4,7,10-11,14,16,19H,5-6,8-9,12-13,15H2,1H3. The van der Waals surface area contributed by atoms with Gasteiger partial charge in [-0.25, -0.2) is 4.98 Å². The van der Waals surface area contributed by atoms with E-state index in [0.717, 1.165) is 55.5 Å². The molecule has 168 valence electrons. The summed E-state index contributed by atoms with van der Waals surface area (Å²) in [4.78, 5) is 36.5. The van der Waals surface area contributed by atoms with Crippen molar-refractivity contribution < 1.29 is 14.0 Å². The van der Waals surface area contributed by atoms with E-state index in [1.807, 2.05) is 52.8 Å². The van der Waals surface area contributed by atoms with Crippen LogP contribution in [0.4, 0.5) is 0 Å². The summed E-state index contributed by atoms with van der Waals surface area (Å²) < 4.78 is 7.56. The molecule has 2 aliphatic rings. The van der Waals surface area contributed by atoms with E-state index in [-0.39, 0.29) is 11.7 Å². The minimum Gasteiger partial charge on any atom is -0.451 e. The van der Waals surface area contributed by atoms with E-state index < -0.39 is 0 Å². The largest absolute Gasteiger partial charge is 0.451 e. The molecule has 6 rings (SSSR count). The average molecular weight is 443 g/mol. The molecule has 4 aromatic heterocycles. The first-order valence-corrected chi connectivity index (χ1v) is 11.6. The van der Waals surface area contributed by atoms with Crippen molar-refractivity contribution in [3.05, 3.63) is 66.1 Å². The fraction of sp³-hybridized carbons (Fsp3) is 0.385. The van der Waals surface area contributed by atoms with Crippen LogP contribution in [-0.4, -0.2) is 44.0 Å². The van der Waals surface area contributed by atoms with Crippen molar-refractivity contribution in [1.29, 1.82) is 0 Å². The summed E-state index contributed by atoms with van der Waals surface area (Å²) in [5.41, 5.74) is 3.20. The number of carbonyl (C=O) groups is 2. The maximum Gasteiger partial charge on any atom is 0.272 e. The van der Waals surface area contributed by atoms with E-state index in [2.05, 4.69) is 9.97 Å². The van der Waals surface area contributed by atoms with Gasteiger partial charge in [0, 0.05) is 37.3 Å². The summed E-state index contributed by atoms with van der Waals surface area (Å²) in [6.45, 7) is 3.43. The molecule has 0 N–H and O–H groups in total.